The number of nitrogens with one attached hydrogen (secondary N) is 3. The van der Waals surface area contributed by atoms with E-state index in [2.05, 4.69) is 62.3 Å². The summed E-state index contributed by atoms with van der Waals surface area (Å²) in [6, 6.07) is 8.26. The highest BCUT2D eigenvalue weighted by Gasteiger charge is 2.09. The van der Waals surface area contributed by atoms with E-state index < -0.39 is 0 Å². The first kappa shape index (κ1) is 15.4. The number of nitrogens with zero attached hydrogens (tertiary/aromatic N) is 3. The number of pyridine rings is 1. The molecule has 2 aromatic heterocycles. The highest BCUT2D eigenvalue weighted by molar-refractivity contribution is 7.99. The van der Waals surface area contributed by atoms with Crippen LogP contribution in [0.15, 0.2) is 36.8 Å². The summed E-state index contributed by atoms with van der Waals surface area (Å²) in [6.07, 6.45) is 5.42. The molecule has 3 N–H and O–H groups in total. The van der Waals surface area contributed by atoms with Gasteiger partial charge in [0.2, 0.25) is 5.95 Å². The lowest BCUT2D eigenvalue weighted by Gasteiger charge is -2.13. The molecule has 0 amide bonds. The van der Waals surface area contributed by atoms with E-state index in [0.717, 1.165) is 17.1 Å². The lowest BCUT2D eigenvalue weighted by Crippen LogP contribution is -1.97. The zero-order valence-corrected chi connectivity index (χ0v) is 14.0. The van der Waals surface area contributed by atoms with Crippen molar-refractivity contribution in [3.63, 3.8) is 0 Å². The highest BCUT2D eigenvalue weighted by atomic mass is 32.2. The van der Waals surface area contributed by atoms with Crippen LogP contribution in [-0.4, -0.2) is 26.4 Å². The van der Waals surface area contributed by atoms with E-state index in [1.54, 1.807) is 6.33 Å². The van der Waals surface area contributed by atoms with Crippen molar-refractivity contribution in [3.8, 4) is 11.1 Å². The number of benzene rings is 1. The summed E-state index contributed by atoms with van der Waals surface area (Å²) in [7, 11) is 0. The third kappa shape index (κ3) is 3.45. The zero-order valence-electron chi connectivity index (χ0n) is 13.2. The molecule has 7 heteroatoms. The van der Waals surface area contributed by atoms with Gasteiger partial charge in [-0.15, -0.1) is 5.10 Å². The third-order valence-corrected chi connectivity index (χ3v) is 3.88. The van der Waals surface area contributed by atoms with Gasteiger partial charge in [-0.25, -0.2) is 9.97 Å². The average molecular weight is 326 g/mol. The summed E-state index contributed by atoms with van der Waals surface area (Å²) in [4.78, 5) is 8.52. The van der Waals surface area contributed by atoms with Gasteiger partial charge in [0.1, 0.15) is 12.1 Å². The van der Waals surface area contributed by atoms with Crippen molar-refractivity contribution < 1.29 is 0 Å². The molecule has 0 aliphatic heterocycles. The fraction of sp³-hybridized carbons (Fsp3) is 0.188. The molecule has 0 aliphatic carbocycles. The van der Waals surface area contributed by atoms with Crippen molar-refractivity contribution in [2.75, 3.05) is 16.3 Å². The van der Waals surface area contributed by atoms with E-state index in [9.17, 15) is 0 Å². The first-order valence-corrected chi connectivity index (χ1v) is 8.39. The van der Waals surface area contributed by atoms with Crippen LogP contribution in [-0.2, 0) is 0 Å². The van der Waals surface area contributed by atoms with E-state index >= 15 is 0 Å². The lowest BCUT2D eigenvalue weighted by molar-refractivity contribution is 1.09. The fourth-order valence-corrected chi connectivity index (χ4v) is 2.93. The second-order valence-corrected chi connectivity index (χ2v) is 5.78. The quantitative estimate of drug-likeness (QED) is 0.617. The largest absolute Gasteiger partial charge is 0.323 e. The minimum absolute atomic E-state index is 0.561. The molecule has 6 nitrogen and oxygen atoms in total. The van der Waals surface area contributed by atoms with E-state index in [-0.39, 0.29) is 0 Å². The maximum Gasteiger partial charge on any atom is 0.246 e. The van der Waals surface area contributed by atoms with Crippen molar-refractivity contribution in [2.24, 2.45) is 0 Å². The second-order valence-electron chi connectivity index (χ2n) is 5.17. The van der Waals surface area contributed by atoms with Gasteiger partial charge >= 0.3 is 0 Å². The Kier molecular flexibility index (Phi) is 4.47. The van der Waals surface area contributed by atoms with Crippen LogP contribution in [0, 0.1) is 13.8 Å². The fourth-order valence-electron chi connectivity index (χ4n) is 2.60. The van der Waals surface area contributed by atoms with Gasteiger partial charge in [-0.2, -0.15) is 0 Å². The smallest absolute Gasteiger partial charge is 0.246 e. The number of anilines is 3. The number of aromatic amines is 1. The van der Waals surface area contributed by atoms with Gasteiger partial charge in [-0.1, -0.05) is 11.9 Å². The van der Waals surface area contributed by atoms with Crippen LogP contribution in [0.5, 0.6) is 0 Å². The van der Waals surface area contributed by atoms with Crippen LogP contribution in [0.25, 0.3) is 11.1 Å². The van der Waals surface area contributed by atoms with Crippen LogP contribution in [0.3, 0.4) is 0 Å². The van der Waals surface area contributed by atoms with Crippen molar-refractivity contribution in [1.82, 2.24) is 20.2 Å². The molecule has 1 aromatic carbocycles. The molecular weight excluding hydrogens is 308 g/mol. The number of rotatable bonds is 5. The third-order valence-electron chi connectivity index (χ3n) is 3.46. The molecular formula is C16H18N6S. The van der Waals surface area contributed by atoms with Crippen LogP contribution >= 0.6 is 11.9 Å². The van der Waals surface area contributed by atoms with Crippen molar-refractivity contribution in [3.05, 3.63) is 47.9 Å². The Morgan fingerprint density at radius 2 is 1.87 bits per heavy atom. The number of H-pyrrole nitrogens is 1. The zero-order chi connectivity index (χ0) is 16.2. The Morgan fingerprint density at radius 1 is 1.09 bits per heavy atom. The van der Waals surface area contributed by atoms with Gasteiger partial charge in [-0.3, -0.25) is 5.10 Å². The molecule has 2 heterocycles. The Bertz CT molecular complexity index is 760. The SMILES string of the molecule is CSNc1ccc(-c2c(C)cc(Nc3nc[nH]n3)cc2C)cn1. The Labute approximate surface area is 139 Å². The molecule has 0 spiro atoms. The predicted molar refractivity (Wildman–Crippen MR) is 96.0 cm³/mol. The van der Waals surface area contributed by atoms with Gasteiger partial charge in [0.05, 0.1) is 0 Å². The first-order chi connectivity index (χ1) is 11.2. The molecule has 0 radical (unpaired) electrons. The number of aryl methyl sites for hydroxylation is 2. The van der Waals surface area contributed by atoms with Gasteiger partial charge < -0.3 is 10.0 Å². The summed E-state index contributed by atoms with van der Waals surface area (Å²) < 4.78 is 3.13. The average Bonchev–Trinajstić information content (AvgIpc) is 3.01. The monoisotopic (exact) mass is 326 g/mol. The maximum absolute atomic E-state index is 4.44. The van der Waals surface area contributed by atoms with Gasteiger partial charge in [-0.05, 0) is 54.8 Å². The van der Waals surface area contributed by atoms with Crippen LogP contribution in [0.4, 0.5) is 17.5 Å². The summed E-state index contributed by atoms with van der Waals surface area (Å²) >= 11 is 1.53. The number of aromatic nitrogens is 4. The molecule has 3 rings (SSSR count). The van der Waals surface area contributed by atoms with Crippen molar-refractivity contribution in [1.29, 1.82) is 0 Å². The topological polar surface area (TPSA) is 78.5 Å². The number of hydrogen-bond acceptors (Lipinski definition) is 6. The van der Waals surface area contributed by atoms with E-state index in [1.807, 2.05) is 18.5 Å². The predicted octanol–water partition coefficient (Wildman–Crippen LogP) is 3.92. The minimum Gasteiger partial charge on any atom is -0.323 e. The maximum atomic E-state index is 4.44. The Hall–Kier alpha value is -2.54. The minimum atomic E-state index is 0.561. The molecule has 0 fully saturated rings. The molecule has 3 aromatic rings. The van der Waals surface area contributed by atoms with Crippen LogP contribution in [0.2, 0.25) is 0 Å². The molecule has 23 heavy (non-hydrogen) atoms. The molecule has 118 valence electrons. The lowest BCUT2D eigenvalue weighted by atomic mass is 9.96. The number of hydrogen-bond donors (Lipinski definition) is 3. The van der Waals surface area contributed by atoms with Gasteiger partial charge in [0, 0.05) is 23.7 Å². The van der Waals surface area contributed by atoms with Gasteiger partial charge in [0.15, 0.2) is 0 Å². The Balaban J connectivity index is 1.90. The van der Waals surface area contributed by atoms with E-state index in [0.29, 0.717) is 5.95 Å². The summed E-state index contributed by atoms with van der Waals surface area (Å²) in [5.74, 6) is 1.42. The molecule has 0 unspecified atom stereocenters. The van der Waals surface area contributed by atoms with Gasteiger partial charge in [0.25, 0.3) is 0 Å². The second kappa shape index (κ2) is 6.70. The molecule has 0 saturated heterocycles. The summed E-state index contributed by atoms with van der Waals surface area (Å²) in [5.41, 5.74) is 5.63. The highest BCUT2D eigenvalue weighted by Crippen LogP contribution is 2.31. The van der Waals surface area contributed by atoms with Crippen LogP contribution < -0.4 is 10.0 Å². The standard InChI is InChI=1S/C16H18N6S/c1-10-6-13(20-16-18-9-19-21-16)7-11(2)15(10)12-4-5-14(17-8-12)22-23-3/h4-9H,1-3H3,(H,17,22)(H2,18,19,20,21). The van der Waals surface area contributed by atoms with Crippen molar-refractivity contribution in [2.45, 2.75) is 13.8 Å². The van der Waals surface area contributed by atoms with Crippen molar-refractivity contribution >= 4 is 29.4 Å². The first-order valence-electron chi connectivity index (χ1n) is 7.17. The van der Waals surface area contributed by atoms with E-state index in [4.69, 9.17) is 0 Å². The van der Waals surface area contributed by atoms with Crippen LogP contribution in [0.1, 0.15) is 11.1 Å². The van der Waals surface area contributed by atoms with E-state index in [1.165, 1.54) is 28.6 Å². The molecule has 0 atom stereocenters. The normalized spacial score (nSPS) is 10.6. The summed E-state index contributed by atoms with van der Waals surface area (Å²) in [6.45, 7) is 4.19. The molecule has 0 aliphatic rings. The summed E-state index contributed by atoms with van der Waals surface area (Å²) in [5, 5.41) is 9.89. The Morgan fingerprint density at radius 3 is 2.43 bits per heavy atom. The molecule has 0 bridgehead atoms. The molecule has 0 saturated carbocycles.